The maximum atomic E-state index is 12.4. The molecule has 1 aliphatic carbocycles. The van der Waals surface area contributed by atoms with Crippen LogP contribution in [0.2, 0.25) is 0 Å². The van der Waals surface area contributed by atoms with E-state index in [0.717, 1.165) is 23.4 Å². The number of anilines is 1. The fourth-order valence-corrected chi connectivity index (χ4v) is 2.44. The Labute approximate surface area is 117 Å². The molecule has 0 aliphatic heterocycles. The molecule has 2 aromatic rings. The van der Waals surface area contributed by atoms with Crippen LogP contribution in [0.3, 0.4) is 0 Å². The second kappa shape index (κ2) is 5.09. The zero-order chi connectivity index (χ0) is 14.1. The first-order valence-corrected chi connectivity index (χ1v) is 6.83. The number of pyridine rings is 1. The number of nitrogens with one attached hydrogen (secondary N) is 2. The van der Waals surface area contributed by atoms with Crippen molar-refractivity contribution in [2.75, 3.05) is 12.0 Å². The van der Waals surface area contributed by atoms with Gasteiger partial charge in [-0.3, -0.25) is 4.79 Å². The monoisotopic (exact) mass is 270 g/mol. The quantitative estimate of drug-likeness (QED) is 0.585. The number of carbonyl (C=O) groups is 1. The minimum Gasteiger partial charge on any atom is -0.352 e. The molecule has 3 rings (SSSR count). The third-order valence-electron chi connectivity index (χ3n) is 3.91. The lowest BCUT2D eigenvalue weighted by molar-refractivity contribution is 0.0953. The smallest absolute Gasteiger partial charge is 0.252 e. The van der Waals surface area contributed by atoms with Gasteiger partial charge in [0.05, 0.1) is 11.1 Å². The summed E-state index contributed by atoms with van der Waals surface area (Å²) in [7, 11) is 0. The van der Waals surface area contributed by atoms with Crippen molar-refractivity contribution in [2.24, 2.45) is 17.7 Å². The number of nitrogens with zero attached hydrogens (tertiary/aromatic N) is 1. The number of rotatable bonds is 4. The minimum atomic E-state index is -0.0702. The first-order valence-electron chi connectivity index (χ1n) is 6.83. The SMILES string of the molecule is CC1CC1CNC(=O)c1cc(NN)nc2ccccc12. The molecule has 1 aromatic heterocycles. The van der Waals surface area contributed by atoms with Crippen LogP contribution in [0, 0.1) is 11.8 Å². The van der Waals surface area contributed by atoms with Crippen molar-refractivity contribution < 1.29 is 4.79 Å². The Morgan fingerprint density at radius 2 is 2.20 bits per heavy atom. The number of benzene rings is 1. The fraction of sp³-hybridized carbons (Fsp3) is 0.333. The summed E-state index contributed by atoms with van der Waals surface area (Å²) in [5.74, 6) is 7.19. The number of amides is 1. The normalized spacial score (nSPS) is 20.7. The van der Waals surface area contributed by atoms with Crippen molar-refractivity contribution >= 4 is 22.6 Å². The van der Waals surface area contributed by atoms with Crippen LogP contribution in [0.1, 0.15) is 23.7 Å². The second-order valence-corrected chi connectivity index (χ2v) is 5.40. The van der Waals surface area contributed by atoms with Crippen LogP contribution in [0.25, 0.3) is 10.9 Å². The van der Waals surface area contributed by atoms with Gasteiger partial charge in [0.1, 0.15) is 5.82 Å². The van der Waals surface area contributed by atoms with Crippen LogP contribution in [0.15, 0.2) is 30.3 Å². The third-order valence-corrected chi connectivity index (χ3v) is 3.91. The number of fused-ring (bicyclic) bond motifs is 1. The van der Waals surface area contributed by atoms with E-state index in [1.165, 1.54) is 6.42 Å². The van der Waals surface area contributed by atoms with Crippen LogP contribution >= 0.6 is 0 Å². The van der Waals surface area contributed by atoms with E-state index >= 15 is 0 Å². The molecule has 104 valence electrons. The largest absolute Gasteiger partial charge is 0.352 e. The molecule has 1 saturated carbocycles. The zero-order valence-electron chi connectivity index (χ0n) is 11.4. The molecule has 1 heterocycles. The van der Waals surface area contributed by atoms with Gasteiger partial charge in [0.25, 0.3) is 5.91 Å². The van der Waals surface area contributed by atoms with E-state index < -0.39 is 0 Å². The topological polar surface area (TPSA) is 80.0 Å². The number of nitrogens with two attached hydrogens (primary N) is 1. The lowest BCUT2D eigenvalue weighted by Gasteiger charge is -2.09. The molecule has 1 aliphatic rings. The van der Waals surface area contributed by atoms with Crippen LogP contribution in [-0.4, -0.2) is 17.4 Å². The zero-order valence-corrected chi connectivity index (χ0v) is 11.4. The van der Waals surface area contributed by atoms with Crippen molar-refractivity contribution in [1.29, 1.82) is 0 Å². The van der Waals surface area contributed by atoms with Crippen molar-refractivity contribution in [3.05, 3.63) is 35.9 Å². The molecule has 5 heteroatoms. The number of nitrogen functional groups attached to an aromatic ring is 1. The molecule has 0 spiro atoms. The average molecular weight is 270 g/mol. The Morgan fingerprint density at radius 1 is 1.45 bits per heavy atom. The number of hydrazine groups is 1. The molecular weight excluding hydrogens is 252 g/mol. The van der Waals surface area contributed by atoms with E-state index in [9.17, 15) is 4.79 Å². The van der Waals surface area contributed by atoms with E-state index in [4.69, 9.17) is 5.84 Å². The summed E-state index contributed by atoms with van der Waals surface area (Å²) in [6, 6.07) is 9.25. The van der Waals surface area contributed by atoms with E-state index in [2.05, 4.69) is 22.7 Å². The standard InChI is InChI=1S/C15H18N4O/c1-9-6-10(9)8-17-15(20)12-7-14(19-16)18-13-5-3-2-4-11(12)13/h2-5,7,9-10H,6,8,16H2,1H3,(H,17,20)(H,18,19). The van der Waals surface area contributed by atoms with Crippen LogP contribution < -0.4 is 16.6 Å². The van der Waals surface area contributed by atoms with Gasteiger partial charge < -0.3 is 10.7 Å². The highest BCUT2D eigenvalue weighted by molar-refractivity contribution is 6.06. The highest BCUT2D eigenvalue weighted by atomic mass is 16.1. The van der Waals surface area contributed by atoms with Gasteiger partial charge in [0, 0.05) is 11.9 Å². The number of hydrogen-bond donors (Lipinski definition) is 3. The molecule has 5 nitrogen and oxygen atoms in total. The maximum absolute atomic E-state index is 12.4. The lowest BCUT2D eigenvalue weighted by Crippen LogP contribution is -2.26. The summed E-state index contributed by atoms with van der Waals surface area (Å²) in [5.41, 5.74) is 3.87. The third kappa shape index (κ3) is 2.44. The van der Waals surface area contributed by atoms with Gasteiger partial charge in [-0.05, 0) is 30.4 Å². The predicted molar refractivity (Wildman–Crippen MR) is 79.2 cm³/mol. The van der Waals surface area contributed by atoms with Crippen molar-refractivity contribution in [3.8, 4) is 0 Å². The Balaban J connectivity index is 1.90. The highest BCUT2D eigenvalue weighted by Gasteiger charge is 2.32. The number of para-hydroxylation sites is 1. The first-order chi connectivity index (χ1) is 9.69. The summed E-state index contributed by atoms with van der Waals surface area (Å²) in [4.78, 5) is 16.7. The summed E-state index contributed by atoms with van der Waals surface area (Å²) >= 11 is 0. The maximum Gasteiger partial charge on any atom is 0.252 e. The van der Waals surface area contributed by atoms with Crippen LogP contribution in [-0.2, 0) is 0 Å². The van der Waals surface area contributed by atoms with E-state index in [-0.39, 0.29) is 5.91 Å². The van der Waals surface area contributed by atoms with Gasteiger partial charge in [0.2, 0.25) is 0 Å². The Morgan fingerprint density at radius 3 is 2.90 bits per heavy atom. The van der Waals surface area contributed by atoms with Crippen LogP contribution in [0.5, 0.6) is 0 Å². The van der Waals surface area contributed by atoms with Crippen LogP contribution in [0.4, 0.5) is 5.82 Å². The molecule has 2 unspecified atom stereocenters. The Bertz CT molecular complexity index is 655. The summed E-state index contributed by atoms with van der Waals surface area (Å²) in [6.45, 7) is 2.94. The molecule has 20 heavy (non-hydrogen) atoms. The summed E-state index contributed by atoms with van der Waals surface area (Å²) in [6.07, 6.45) is 1.20. The molecule has 1 amide bonds. The molecule has 0 radical (unpaired) electrons. The summed E-state index contributed by atoms with van der Waals surface area (Å²) < 4.78 is 0. The second-order valence-electron chi connectivity index (χ2n) is 5.40. The number of hydrogen-bond acceptors (Lipinski definition) is 4. The van der Waals surface area contributed by atoms with Crippen molar-refractivity contribution in [3.63, 3.8) is 0 Å². The minimum absolute atomic E-state index is 0.0702. The van der Waals surface area contributed by atoms with Crippen molar-refractivity contribution in [2.45, 2.75) is 13.3 Å². The molecule has 2 atom stereocenters. The van der Waals surface area contributed by atoms with E-state index in [1.54, 1.807) is 6.07 Å². The summed E-state index contributed by atoms with van der Waals surface area (Å²) in [5, 5.41) is 3.84. The molecule has 0 saturated heterocycles. The van der Waals surface area contributed by atoms with Crippen molar-refractivity contribution in [1.82, 2.24) is 10.3 Å². The van der Waals surface area contributed by atoms with E-state index in [0.29, 0.717) is 17.3 Å². The molecular formula is C15H18N4O. The molecule has 0 bridgehead atoms. The Hall–Kier alpha value is -2.14. The molecule has 4 N–H and O–H groups in total. The average Bonchev–Trinajstić information content (AvgIpc) is 3.19. The highest BCUT2D eigenvalue weighted by Crippen LogP contribution is 2.36. The van der Waals surface area contributed by atoms with Gasteiger partial charge in [0.15, 0.2) is 0 Å². The molecule has 1 fully saturated rings. The first kappa shape index (κ1) is 12.9. The van der Waals surface area contributed by atoms with Gasteiger partial charge in [-0.15, -0.1) is 0 Å². The van der Waals surface area contributed by atoms with Gasteiger partial charge in [-0.25, -0.2) is 10.8 Å². The fourth-order valence-electron chi connectivity index (χ4n) is 2.44. The van der Waals surface area contributed by atoms with Gasteiger partial charge in [-0.1, -0.05) is 25.1 Å². The Kier molecular flexibility index (Phi) is 3.28. The number of carbonyl (C=O) groups excluding carboxylic acids is 1. The predicted octanol–water partition coefficient (Wildman–Crippen LogP) is 1.91. The van der Waals surface area contributed by atoms with Gasteiger partial charge in [-0.2, -0.15) is 0 Å². The number of aromatic nitrogens is 1. The molecule has 1 aromatic carbocycles. The van der Waals surface area contributed by atoms with E-state index in [1.807, 2.05) is 24.3 Å². The van der Waals surface area contributed by atoms with Gasteiger partial charge >= 0.3 is 0 Å². The lowest BCUT2D eigenvalue weighted by atomic mass is 10.1.